The predicted octanol–water partition coefficient (Wildman–Crippen LogP) is 4.00. The van der Waals surface area contributed by atoms with E-state index in [1.54, 1.807) is 0 Å². The molecule has 1 aromatic heterocycles. The van der Waals surface area contributed by atoms with Crippen LogP contribution in [0.2, 0.25) is 0 Å². The lowest BCUT2D eigenvalue weighted by Gasteiger charge is -2.24. The molecule has 3 rings (SSSR count). The summed E-state index contributed by atoms with van der Waals surface area (Å²) in [6.45, 7) is 2.95. The largest absolute Gasteiger partial charge is 0.492 e. The number of carbonyl (C=O) groups is 1. The molecule has 148 valence electrons. The molecule has 1 heterocycles. The Morgan fingerprint density at radius 3 is 2.61 bits per heavy atom. The molecule has 0 aliphatic heterocycles. The summed E-state index contributed by atoms with van der Waals surface area (Å²) < 4.78 is 7.69. The van der Waals surface area contributed by atoms with Gasteiger partial charge in [0.25, 0.3) is 0 Å². The summed E-state index contributed by atoms with van der Waals surface area (Å²) in [6.07, 6.45) is 2.14. The minimum Gasteiger partial charge on any atom is -0.492 e. The van der Waals surface area contributed by atoms with Crippen molar-refractivity contribution in [2.75, 3.05) is 32.6 Å². The van der Waals surface area contributed by atoms with Gasteiger partial charge in [-0.15, -0.1) is 0 Å². The van der Waals surface area contributed by atoms with Crippen molar-refractivity contribution in [3.8, 4) is 5.75 Å². The van der Waals surface area contributed by atoms with Gasteiger partial charge in [-0.25, -0.2) is 4.79 Å². The average molecular weight is 380 g/mol. The lowest BCUT2D eigenvalue weighted by molar-refractivity contribution is 0.243. The minimum atomic E-state index is -0.251. The SMILES string of the molecule is CCOc1ccccc1NC(=O)NCC(c1cn(C)c2ccccc12)N(C)C. The Morgan fingerprint density at radius 2 is 1.86 bits per heavy atom. The number of ether oxygens (including phenoxy) is 1. The van der Waals surface area contributed by atoms with Gasteiger partial charge >= 0.3 is 6.03 Å². The first-order chi connectivity index (χ1) is 13.5. The molecule has 2 N–H and O–H groups in total. The van der Waals surface area contributed by atoms with Crippen molar-refractivity contribution in [3.63, 3.8) is 0 Å². The minimum absolute atomic E-state index is 0.0546. The van der Waals surface area contributed by atoms with E-state index in [9.17, 15) is 4.79 Å². The Kier molecular flexibility index (Phi) is 6.21. The lowest BCUT2D eigenvalue weighted by atomic mass is 10.0. The summed E-state index contributed by atoms with van der Waals surface area (Å²) in [7, 11) is 6.09. The number of para-hydroxylation sites is 3. The molecule has 2 aromatic carbocycles. The highest BCUT2D eigenvalue weighted by atomic mass is 16.5. The van der Waals surface area contributed by atoms with E-state index in [4.69, 9.17) is 4.74 Å². The summed E-state index contributed by atoms with van der Waals surface area (Å²) in [5.41, 5.74) is 3.03. The zero-order chi connectivity index (χ0) is 20.1. The molecule has 0 radical (unpaired) electrons. The van der Waals surface area contributed by atoms with E-state index in [1.807, 2.05) is 64.5 Å². The van der Waals surface area contributed by atoms with Gasteiger partial charge in [0.2, 0.25) is 0 Å². The summed E-state index contributed by atoms with van der Waals surface area (Å²) in [5.74, 6) is 0.665. The maximum atomic E-state index is 12.5. The van der Waals surface area contributed by atoms with Crippen molar-refractivity contribution in [2.45, 2.75) is 13.0 Å². The zero-order valence-electron chi connectivity index (χ0n) is 16.9. The van der Waals surface area contributed by atoms with Crippen LogP contribution in [0.3, 0.4) is 0 Å². The highest BCUT2D eigenvalue weighted by Crippen LogP contribution is 2.28. The number of hydrogen-bond acceptors (Lipinski definition) is 3. The van der Waals surface area contributed by atoms with E-state index in [0.717, 1.165) is 0 Å². The second kappa shape index (κ2) is 8.80. The third kappa shape index (κ3) is 4.28. The van der Waals surface area contributed by atoms with Crippen molar-refractivity contribution in [2.24, 2.45) is 7.05 Å². The number of urea groups is 1. The Bertz CT molecular complexity index is 949. The van der Waals surface area contributed by atoms with Crippen LogP contribution in [0.25, 0.3) is 10.9 Å². The van der Waals surface area contributed by atoms with Crippen molar-refractivity contribution >= 4 is 22.6 Å². The van der Waals surface area contributed by atoms with Crippen LogP contribution in [-0.4, -0.2) is 42.7 Å². The molecule has 1 unspecified atom stereocenters. The Hall–Kier alpha value is -2.99. The fourth-order valence-corrected chi connectivity index (χ4v) is 3.42. The third-order valence-corrected chi connectivity index (χ3v) is 4.80. The van der Waals surface area contributed by atoms with Crippen LogP contribution in [0.1, 0.15) is 18.5 Å². The van der Waals surface area contributed by atoms with Crippen LogP contribution < -0.4 is 15.4 Å². The number of likely N-dealkylation sites (N-methyl/N-ethyl adjacent to an activating group) is 1. The molecule has 0 aliphatic carbocycles. The molecule has 0 bridgehead atoms. The first kappa shape index (κ1) is 19.8. The maximum absolute atomic E-state index is 12.5. The van der Waals surface area contributed by atoms with Crippen molar-refractivity contribution in [3.05, 3.63) is 60.3 Å². The highest BCUT2D eigenvalue weighted by Gasteiger charge is 2.20. The molecule has 0 spiro atoms. The second-order valence-electron chi connectivity index (χ2n) is 6.96. The van der Waals surface area contributed by atoms with Gasteiger partial charge in [-0.2, -0.15) is 0 Å². The topological polar surface area (TPSA) is 58.5 Å². The molecule has 0 saturated carbocycles. The van der Waals surface area contributed by atoms with Gasteiger partial charge in [0.1, 0.15) is 5.75 Å². The summed E-state index contributed by atoms with van der Waals surface area (Å²) >= 11 is 0. The van der Waals surface area contributed by atoms with E-state index >= 15 is 0 Å². The fraction of sp³-hybridized carbons (Fsp3) is 0.318. The fourth-order valence-electron chi connectivity index (χ4n) is 3.42. The summed E-state index contributed by atoms with van der Waals surface area (Å²) in [4.78, 5) is 14.6. The monoisotopic (exact) mass is 380 g/mol. The Balaban J connectivity index is 1.73. The molecular weight excluding hydrogens is 352 g/mol. The van der Waals surface area contributed by atoms with Crippen LogP contribution in [-0.2, 0) is 7.05 Å². The zero-order valence-corrected chi connectivity index (χ0v) is 16.9. The van der Waals surface area contributed by atoms with Crippen LogP contribution in [0, 0.1) is 0 Å². The van der Waals surface area contributed by atoms with Gasteiger partial charge in [-0.1, -0.05) is 30.3 Å². The number of benzene rings is 2. The first-order valence-electron chi connectivity index (χ1n) is 9.48. The third-order valence-electron chi connectivity index (χ3n) is 4.80. The van der Waals surface area contributed by atoms with E-state index in [2.05, 4.69) is 38.4 Å². The summed E-state index contributed by atoms with van der Waals surface area (Å²) in [6, 6.07) is 15.6. The van der Waals surface area contributed by atoms with Gasteiger partial charge < -0.3 is 24.8 Å². The van der Waals surface area contributed by atoms with Crippen molar-refractivity contribution < 1.29 is 9.53 Å². The Labute approximate surface area is 166 Å². The van der Waals surface area contributed by atoms with Crippen LogP contribution >= 0.6 is 0 Å². The van der Waals surface area contributed by atoms with E-state index in [0.29, 0.717) is 24.6 Å². The van der Waals surface area contributed by atoms with E-state index in [1.165, 1.54) is 16.5 Å². The van der Waals surface area contributed by atoms with Gasteiger partial charge in [-0.05, 0) is 44.8 Å². The number of amides is 2. The average Bonchev–Trinajstić information content (AvgIpc) is 3.00. The van der Waals surface area contributed by atoms with Gasteiger partial charge in [-0.3, -0.25) is 0 Å². The number of nitrogens with one attached hydrogen (secondary N) is 2. The molecule has 3 aromatic rings. The van der Waals surface area contributed by atoms with Crippen molar-refractivity contribution in [1.29, 1.82) is 0 Å². The van der Waals surface area contributed by atoms with Gasteiger partial charge in [0.05, 0.1) is 18.3 Å². The number of anilines is 1. The number of carbonyl (C=O) groups excluding carboxylic acids is 1. The van der Waals surface area contributed by atoms with Gasteiger partial charge in [0.15, 0.2) is 0 Å². The molecule has 0 fully saturated rings. The number of aryl methyl sites for hydroxylation is 1. The Morgan fingerprint density at radius 1 is 1.14 bits per heavy atom. The van der Waals surface area contributed by atoms with Crippen molar-refractivity contribution in [1.82, 2.24) is 14.8 Å². The number of aromatic nitrogens is 1. The van der Waals surface area contributed by atoms with Gasteiger partial charge in [0, 0.05) is 30.7 Å². The second-order valence-corrected chi connectivity index (χ2v) is 6.96. The standard InChI is InChI=1S/C22H28N4O2/c1-5-28-21-13-9-7-11-18(21)24-22(27)23-14-20(25(2)3)17-15-26(4)19-12-8-6-10-16(17)19/h6-13,15,20H,5,14H2,1-4H3,(H2,23,24,27). The molecule has 0 aliphatic rings. The van der Waals surface area contributed by atoms with Crippen LogP contribution in [0.4, 0.5) is 10.5 Å². The molecular formula is C22H28N4O2. The number of hydrogen-bond donors (Lipinski definition) is 2. The quantitative estimate of drug-likeness (QED) is 0.651. The highest BCUT2D eigenvalue weighted by molar-refractivity contribution is 5.91. The molecule has 0 saturated heterocycles. The number of nitrogens with zero attached hydrogens (tertiary/aromatic N) is 2. The summed E-state index contributed by atoms with van der Waals surface area (Å²) in [5, 5.41) is 7.08. The molecule has 2 amide bonds. The normalized spacial score (nSPS) is 12.2. The van der Waals surface area contributed by atoms with Crippen LogP contribution in [0.15, 0.2) is 54.7 Å². The first-order valence-corrected chi connectivity index (χ1v) is 9.48. The van der Waals surface area contributed by atoms with E-state index < -0.39 is 0 Å². The predicted molar refractivity (Wildman–Crippen MR) is 114 cm³/mol. The molecule has 1 atom stereocenters. The number of rotatable bonds is 7. The van der Waals surface area contributed by atoms with Crippen LogP contribution in [0.5, 0.6) is 5.75 Å². The van der Waals surface area contributed by atoms with E-state index in [-0.39, 0.29) is 12.1 Å². The number of fused-ring (bicyclic) bond motifs is 1. The molecule has 28 heavy (non-hydrogen) atoms. The lowest BCUT2D eigenvalue weighted by Crippen LogP contribution is -2.36. The smallest absolute Gasteiger partial charge is 0.319 e. The molecule has 6 heteroatoms. The molecule has 6 nitrogen and oxygen atoms in total. The maximum Gasteiger partial charge on any atom is 0.319 e.